The second-order valence-electron chi connectivity index (χ2n) is 8.99. The number of anilines is 1. The molecule has 3 heterocycles. The average molecular weight is 510 g/mol. The van der Waals surface area contributed by atoms with E-state index in [1.165, 1.54) is 11.8 Å². The third-order valence-electron chi connectivity index (χ3n) is 6.09. The Morgan fingerprint density at radius 2 is 1.89 bits per heavy atom. The molecule has 0 aliphatic carbocycles. The summed E-state index contributed by atoms with van der Waals surface area (Å²) < 4.78 is 71.3. The Labute approximate surface area is 202 Å². The van der Waals surface area contributed by atoms with Crippen LogP contribution >= 0.6 is 0 Å². The van der Waals surface area contributed by atoms with Crippen LogP contribution in [0.1, 0.15) is 35.3 Å². The topological polar surface area (TPSA) is 106 Å². The van der Waals surface area contributed by atoms with Crippen LogP contribution in [0, 0.1) is 18.7 Å². The fourth-order valence-electron chi connectivity index (χ4n) is 4.28. The molecule has 3 aromatic rings. The molecule has 0 unspecified atom stereocenters. The second kappa shape index (κ2) is 9.03. The number of nitrogens with zero attached hydrogens (tertiary/aromatic N) is 4. The van der Waals surface area contributed by atoms with Crippen LogP contribution in [0.15, 0.2) is 24.5 Å². The van der Waals surface area contributed by atoms with Gasteiger partial charge in [0.2, 0.25) is 5.91 Å². The van der Waals surface area contributed by atoms with Gasteiger partial charge in [0.15, 0.2) is 5.82 Å². The third kappa shape index (κ3) is 4.44. The summed E-state index contributed by atoms with van der Waals surface area (Å²) in [5, 5.41) is 6.31. The smallest absolute Gasteiger partial charge is 0.382 e. The van der Waals surface area contributed by atoms with Crippen LogP contribution in [0.4, 0.5) is 27.8 Å². The number of likely N-dealkylation sites (tertiary alicyclic amines) is 1. The van der Waals surface area contributed by atoms with Crippen molar-refractivity contribution in [2.45, 2.75) is 39.2 Å². The lowest BCUT2D eigenvalue weighted by Crippen LogP contribution is -2.42. The molecule has 0 saturated carbocycles. The summed E-state index contributed by atoms with van der Waals surface area (Å²) in [4.78, 5) is 30.1. The van der Waals surface area contributed by atoms with Crippen LogP contribution in [0.3, 0.4) is 0 Å². The van der Waals surface area contributed by atoms with Gasteiger partial charge in [0.25, 0.3) is 5.91 Å². The zero-order valence-corrected chi connectivity index (χ0v) is 19.5. The molecule has 2 aromatic heterocycles. The summed E-state index contributed by atoms with van der Waals surface area (Å²) in [6, 6.07) is 1.77. The Morgan fingerprint density at radius 1 is 1.19 bits per heavy atom. The SMILES string of the molecule is Cc1cc(F)c(-c2cc(C(F)(F)F)c3c(N)ncnn23)cc1C(=O)N[C@@H]1CN(C(=O)C(C)C)C[C@@H]1F. The standard InChI is InChI=1S/C23H23F5N6O2/c1-10(2)22(36)33-7-16(25)17(8-33)32-21(35)12-5-13(15(24)4-11(12)3)18-6-14(23(26,27)28)19-20(29)30-9-31-34(18)19/h4-6,9-10,16-17H,7-8H2,1-3H3,(H,32,35)(H2,29,30,31)/t16-,17+/m0/s1. The molecule has 13 heteroatoms. The number of hydrogen-bond donors (Lipinski definition) is 2. The van der Waals surface area contributed by atoms with Crippen LogP contribution < -0.4 is 11.1 Å². The molecule has 1 aliphatic rings. The van der Waals surface area contributed by atoms with Gasteiger partial charge in [0.05, 0.1) is 23.8 Å². The first kappa shape index (κ1) is 25.3. The van der Waals surface area contributed by atoms with Crippen molar-refractivity contribution in [3.8, 4) is 11.3 Å². The Bertz CT molecular complexity index is 1350. The number of hydrogen-bond acceptors (Lipinski definition) is 5. The normalized spacial score (nSPS) is 18.3. The van der Waals surface area contributed by atoms with Crippen LogP contribution in [0.25, 0.3) is 16.8 Å². The lowest BCUT2D eigenvalue weighted by Gasteiger charge is -2.19. The number of nitrogens with one attached hydrogen (secondary N) is 1. The summed E-state index contributed by atoms with van der Waals surface area (Å²) in [5.41, 5.74) is 3.41. The molecular weight excluding hydrogens is 487 g/mol. The Hall–Kier alpha value is -3.77. The van der Waals surface area contributed by atoms with Gasteiger partial charge in [-0.3, -0.25) is 9.59 Å². The predicted octanol–water partition coefficient (Wildman–Crippen LogP) is 3.38. The van der Waals surface area contributed by atoms with Crippen molar-refractivity contribution in [3.05, 3.63) is 47.0 Å². The summed E-state index contributed by atoms with van der Waals surface area (Å²) >= 11 is 0. The Balaban J connectivity index is 1.71. The van der Waals surface area contributed by atoms with Gasteiger partial charge in [-0.15, -0.1) is 0 Å². The van der Waals surface area contributed by atoms with Crippen molar-refractivity contribution < 1.29 is 31.5 Å². The van der Waals surface area contributed by atoms with E-state index >= 15 is 0 Å². The van der Waals surface area contributed by atoms with Gasteiger partial charge in [-0.25, -0.2) is 18.3 Å². The third-order valence-corrected chi connectivity index (χ3v) is 6.09. The number of nitrogens with two attached hydrogens (primary N) is 1. The zero-order valence-electron chi connectivity index (χ0n) is 19.5. The number of carbonyl (C=O) groups excluding carboxylic acids is 2. The van der Waals surface area contributed by atoms with Gasteiger partial charge in [-0.1, -0.05) is 13.8 Å². The number of benzene rings is 1. The molecule has 4 rings (SSSR count). The number of carbonyl (C=O) groups is 2. The van der Waals surface area contributed by atoms with E-state index in [-0.39, 0.29) is 47.3 Å². The second-order valence-corrected chi connectivity index (χ2v) is 8.99. The van der Waals surface area contributed by atoms with E-state index < -0.39 is 47.0 Å². The van der Waals surface area contributed by atoms with Gasteiger partial charge >= 0.3 is 6.18 Å². The van der Waals surface area contributed by atoms with Crippen molar-refractivity contribution in [1.82, 2.24) is 24.8 Å². The summed E-state index contributed by atoms with van der Waals surface area (Å²) in [7, 11) is 0. The maximum atomic E-state index is 15.0. The number of aryl methyl sites for hydroxylation is 1. The van der Waals surface area contributed by atoms with Crippen LogP contribution in [0.2, 0.25) is 0 Å². The minimum atomic E-state index is -4.83. The predicted molar refractivity (Wildman–Crippen MR) is 120 cm³/mol. The van der Waals surface area contributed by atoms with Crippen LogP contribution in [0.5, 0.6) is 0 Å². The highest BCUT2D eigenvalue weighted by Crippen LogP contribution is 2.39. The first-order chi connectivity index (χ1) is 16.8. The van der Waals surface area contributed by atoms with Crippen molar-refractivity contribution in [2.75, 3.05) is 18.8 Å². The van der Waals surface area contributed by atoms with Gasteiger partial charge in [-0.05, 0) is 30.7 Å². The number of nitrogen functional groups attached to an aromatic ring is 1. The molecule has 2 amide bonds. The summed E-state index contributed by atoms with van der Waals surface area (Å²) in [6.07, 6.45) is -5.42. The first-order valence-corrected chi connectivity index (χ1v) is 11.0. The molecule has 0 spiro atoms. The monoisotopic (exact) mass is 510 g/mol. The van der Waals surface area contributed by atoms with E-state index in [4.69, 9.17) is 5.73 Å². The number of alkyl halides is 4. The van der Waals surface area contributed by atoms with Gasteiger partial charge in [0.1, 0.15) is 23.8 Å². The first-order valence-electron chi connectivity index (χ1n) is 11.0. The maximum Gasteiger partial charge on any atom is 0.418 e. The maximum absolute atomic E-state index is 15.0. The minimum absolute atomic E-state index is 0.0362. The number of fused-ring (bicyclic) bond motifs is 1. The largest absolute Gasteiger partial charge is 0.418 e. The highest BCUT2D eigenvalue weighted by molar-refractivity contribution is 5.97. The quantitative estimate of drug-likeness (QED) is 0.524. The molecule has 8 nitrogen and oxygen atoms in total. The number of aromatic nitrogens is 3. The highest BCUT2D eigenvalue weighted by Gasteiger charge is 2.38. The Kier molecular flexibility index (Phi) is 6.35. The van der Waals surface area contributed by atoms with E-state index in [9.17, 15) is 31.5 Å². The Morgan fingerprint density at radius 3 is 2.53 bits per heavy atom. The molecule has 2 atom stereocenters. The molecule has 1 fully saturated rings. The number of amides is 2. The van der Waals surface area contributed by atoms with Crippen molar-refractivity contribution in [2.24, 2.45) is 5.92 Å². The fourth-order valence-corrected chi connectivity index (χ4v) is 4.28. The molecule has 3 N–H and O–H groups in total. The molecule has 1 aromatic carbocycles. The van der Waals surface area contributed by atoms with Gasteiger partial charge in [0, 0.05) is 23.6 Å². The number of rotatable bonds is 4. The number of halogens is 5. The fraction of sp³-hybridized carbons (Fsp3) is 0.391. The summed E-state index contributed by atoms with van der Waals surface area (Å²) in [6.45, 7) is 4.59. The van der Waals surface area contributed by atoms with E-state index in [0.29, 0.717) is 6.07 Å². The molecule has 0 radical (unpaired) electrons. The van der Waals surface area contributed by atoms with Crippen molar-refractivity contribution in [1.29, 1.82) is 0 Å². The highest BCUT2D eigenvalue weighted by atomic mass is 19.4. The van der Waals surface area contributed by atoms with Gasteiger partial charge < -0.3 is 16.0 Å². The van der Waals surface area contributed by atoms with E-state index in [2.05, 4.69) is 15.4 Å². The van der Waals surface area contributed by atoms with Crippen LogP contribution in [-0.2, 0) is 11.0 Å². The molecule has 192 valence electrons. The zero-order chi connectivity index (χ0) is 26.5. The molecule has 0 bridgehead atoms. The van der Waals surface area contributed by atoms with E-state index in [1.807, 2.05) is 0 Å². The lowest BCUT2D eigenvalue weighted by molar-refractivity contribution is -0.136. The molecule has 1 aliphatic heterocycles. The lowest BCUT2D eigenvalue weighted by atomic mass is 10.0. The van der Waals surface area contributed by atoms with Crippen molar-refractivity contribution >= 4 is 23.1 Å². The van der Waals surface area contributed by atoms with Gasteiger partial charge in [-0.2, -0.15) is 18.3 Å². The molecule has 1 saturated heterocycles. The average Bonchev–Trinajstić information content (AvgIpc) is 3.35. The van der Waals surface area contributed by atoms with E-state index in [0.717, 1.165) is 23.0 Å². The minimum Gasteiger partial charge on any atom is -0.382 e. The summed E-state index contributed by atoms with van der Waals surface area (Å²) in [5.74, 6) is -2.70. The van der Waals surface area contributed by atoms with E-state index in [1.54, 1.807) is 13.8 Å². The van der Waals surface area contributed by atoms with Crippen molar-refractivity contribution in [3.63, 3.8) is 0 Å². The molecular formula is C23H23F5N6O2. The molecule has 36 heavy (non-hydrogen) atoms. The van der Waals surface area contributed by atoms with Crippen LogP contribution in [-0.4, -0.2) is 56.6 Å².